The minimum atomic E-state index is -0.179. The van der Waals surface area contributed by atoms with Crippen LogP contribution in [0.1, 0.15) is 24.2 Å². The first-order valence-corrected chi connectivity index (χ1v) is 7.04. The topological polar surface area (TPSA) is 29.9 Å². The molecule has 0 aliphatic heterocycles. The molecule has 1 aromatic heterocycles. The first kappa shape index (κ1) is 14.2. The Hall–Kier alpha value is -1.20. The minimum absolute atomic E-state index is 0.0231. The smallest absolute Gasteiger partial charge is 0.126 e. The normalized spacial score (nSPS) is 12.6. The van der Waals surface area contributed by atoms with Crippen LogP contribution in [0.3, 0.4) is 0 Å². The fraction of sp³-hybridized carbons (Fsp3) is 0.357. The summed E-state index contributed by atoms with van der Waals surface area (Å²) in [5, 5.41) is 3.35. The summed E-state index contributed by atoms with van der Waals surface area (Å²) in [5.41, 5.74) is 1.62. The Morgan fingerprint density at radius 1 is 1.47 bits per heavy atom. The van der Waals surface area contributed by atoms with E-state index in [0.717, 1.165) is 16.7 Å². The Kier molecular flexibility index (Phi) is 4.71. The van der Waals surface area contributed by atoms with Gasteiger partial charge < -0.3 is 9.88 Å². The molecule has 102 valence electrons. The van der Waals surface area contributed by atoms with Gasteiger partial charge in [0.05, 0.1) is 18.1 Å². The zero-order valence-corrected chi connectivity index (χ0v) is 12.6. The van der Waals surface area contributed by atoms with E-state index in [-0.39, 0.29) is 11.9 Å². The summed E-state index contributed by atoms with van der Waals surface area (Å²) in [7, 11) is 1.93. The Morgan fingerprint density at radius 3 is 2.89 bits per heavy atom. The largest absolute Gasteiger partial charge is 0.340 e. The van der Waals surface area contributed by atoms with Crippen molar-refractivity contribution < 1.29 is 4.39 Å². The monoisotopic (exact) mass is 325 g/mol. The van der Waals surface area contributed by atoms with Crippen molar-refractivity contribution in [3.05, 3.63) is 52.3 Å². The minimum Gasteiger partial charge on any atom is -0.340 e. The molecule has 5 heteroatoms. The molecule has 1 heterocycles. The van der Waals surface area contributed by atoms with E-state index < -0.39 is 0 Å². The summed E-state index contributed by atoms with van der Waals surface area (Å²) in [4.78, 5) is 4.35. The maximum atomic E-state index is 13.8. The highest BCUT2D eigenvalue weighted by atomic mass is 79.9. The molecule has 0 saturated carbocycles. The zero-order valence-electron chi connectivity index (χ0n) is 11.0. The van der Waals surface area contributed by atoms with Crippen LogP contribution in [0.25, 0.3) is 0 Å². The third kappa shape index (κ3) is 3.64. The number of hydrogen-bond donors (Lipinski definition) is 1. The number of imidazole rings is 1. The summed E-state index contributed by atoms with van der Waals surface area (Å²) in [6.45, 7) is 2.85. The number of nitrogens with one attached hydrogen (secondary N) is 1. The summed E-state index contributed by atoms with van der Waals surface area (Å²) in [5.74, 6) is -0.179. The quantitative estimate of drug-likeness (QED) is 0.914. The number of aromatic nitrogens is 2. The van der Waals surface area contributed by atoms with Gasteiger partial charge in [0.15, 0.2) is 0 Å². The molecule has 0 aliphatic carbocycles. The van der Waals surface area contributed by atoms with Crippen LogP contribution in [0.5, 0.6) is 0 Å². The molecule has 0 fully saturated rings. The summed E-state index contributed by atoms with van der Waals surface area (Å²) in [6.07, 6.45) is 4.30. The maximum Gasteiger partial charge on any atom is 0.126 e. The van der Waals surface area contributed by atoms with Gasteiger partial charge in [-0.05, 0) is 36.7 Å². The van der Waals surface area contributed by atoms with Crippen molar-refractivity contribution >= 4 is 15.9 Å². The predicted molar refractivity (Wildman–Crippen MR) is 77.4 cm³/mol. The van der Waals surface area contributed by atoms with Gasteiger partial charge >= 0.3 is 0 Å². The van der Waals surface area contributed by atoms with Gasteiger partial charge in [-0.2, -0.15) is 0 Å². The van der Waals surface area contributed by atoms with Gasteiger partial charge in [-0.25, -0.2) is 9.37 Å². The summed E-state index contributed by atoms with van der Waals surface area (Å²) >= 11 is 3.38. The number of benzene rings is 1. The van der Waals surface area contributed by atoms with Crippen LogP contribution in [0, 0.1) is 5.82 Å². The molecule has 0 aliphatic rings. The predicted octanol–water partition coefficient (Wildman–Crippen LogP) is 3.22. The molecule has 0 amide bonds. The van der Waals surface area contributed by atoms with E-state index in [1.54, 1.807) is 12.4 Å². The van der Waals surface area contributed by atoms with Gasteiger partial charge in [0.2, 0.25) is 0 Å². The number of rotatable bonds is 5. The van der Waals surface area contributed by atoms with E-state index in [9.17, 15) is 4.39 Å². The first-order valence-electron chi connectivity index (χ1n) is 6.25. The second kappa shape index (κ2) is 6.30. The van der Waals surface area contributed by atoms with E-state index in [2.05, 4.69) is 26.2 Å². The Morgan fingerprint density at radius 2 is 2.26 bits per heavy atom. The summed E-state index contributed by atoms with van der Waals surface area (Å²) in [6, 6.07) is 5.04. The van der Waals surface area contributed by atoms with Crippen LogP contribution >= 0.6 is 15.9 Å². The molecule has 0 saturated heterocycles. The van der Waals surface area contributed by atoms with Gasteiger partial charge in [-0.3, -0.25) is 0 Å². The van der Waals surface area contributed by atoms with Crippen LogP contribution in [0.15, 0.2) is 35.2 Å². The van der Waals surface area contributed by atoms with Crippen LogP contribution in [0.4, 0.5) is 4.39 Å². The van der Waals surface area contributed by atoms with Gasteiger partial charge in [-0.15, -0.1) is 0 Å². The third-order valence-corrected chi connectivity index (χ3v) is 3.46. The lowest BCUT2D eigenvalue weighted by atomic mass is 10.0. The first-order chi connectivity index (χ1) is 9.10. The summed E-state index contributed by atoms with van der Waals surface area (Å²) < 4.78 is 16.6. The second-order valence-corrected chi connectivity index (χ2v) is 5.43. The molecule has 3 nitrogen and oxygen atoms in total. The van der Waals surface area contributed by atoms with Crippen molar-refractivity contribution in [3.63, 3.8) is 0 Å². The van der Waals surface area contributed by atoms with Crippen LogP contribution in [0.2, 0.25) is 0 Å². The highest BCUT2D eigenvalue weighted by Gasteiger charge is 2.16. The SMILES string of the molecule is CCNC(Cc1cc(Br)ccc1F)c1cn(C)cn1. The van der Waals surface area contributed by atoms with Crippen LogP contribution in [-0.4, -0.2) is 16.1 Å². The molecule has 2 rings (SSSR count). The van der Waals surface area contributed by atoms with Crippen molar-refractivity contribution in [2.45, 2.75) is 19.4 Å². The highest BCUT2D eigenvalue weighted by Crippen LogP contribution is 2.22. The fourth-order valence-corrected chi connectivity index (χ4v) is 2.47. The van der Waals surface area contributed by atoms with E-state index in [4.69, 9.17) is 0 Å². The zero-order chi connectivity index (χ0) is 13.8. The highest BCUT2D eigenvalue weighted by molar-refractivity contribution is 9.10. The lowest BCUT2D eigenvalue weighted by molar-refractivity contribution is 0.519. The molecular formula is C14H17BrFN3. The average Bonchev–Trinajstić information content (AvgIpc) is 2.80. The number of aryl methyl sites for hydroxylation is 1. The molecular weight excluding hydrogens is 309 g/mol. The van der Waals surface area contributed by atoms with E-state index in [0.29, 0.717) is 12.0 Å². The van der Waals surface area contributed by atoms with E-state index >= 15 is 0 Å². The van der Waals surface area contributed by atoms with Crippen LogP contribution < -0.4 is 5.32 Å². The molecule has 0 radical (unpaired) electrons. The molecule has 19 heavy (non-hydrogen) atoms. The van der Waals surface area contributed by atoms with Gasteiger partial charge in [0, 0.05) is 17.7 Å². The van der Waals surface area contributed by atoms with Crippen molar-refractivity contribution in [1.29, 1.82) is 0 Å². The van der Waals surface area contributed by atoms with Crippen molar-refractivity contribution in [2.75, 3.05) is 6.54 Å². The number of hydrogen-bond acceptors (Lipinski definition) is 2. The molecule has 2 aromatic rings. The standard InChI is InChI=1S/C14H17BrFN3/c1-3-17-13(14-8-19(2)9-18-14)7-10-6-11(15)4-5-12(10)16/h4-6,8-9,13,17H,3,7H2,1-2H3. The Bertz CT molecular complexity index is 553. The number of likely N-dealkylation sites (N-methyl/N-ethyl adjacent to an activating group) is 1. The van der Waals surface area contributed by atoms with Crippen molar-refractivity contribution in [2.24, 2.45) is 7.05 Å². The van der Waals surface area contributed by atoms with E-state index in [1.165, 1.54) is 6.07 Å². The maximum absolute atomic E-state index is 13.8. The Balaban J connectivity index is 2.23. The van der Waals surface area contributed by atoms with Gasteiger partial charge in [0.25, 0.3) is 0 Å². The average molecular weight is 326 g/mol. The molecule has 1 unspecified atom stereocenters. The van der Waals surface area contributed by atoms with Crippen molar-refractivity contribution in [3.8, 4) is 0 Å². The van der Waals surface area contributed by atoms with E-state index in [1.807, 2.05) is 30.8 Å². The number of halogens is 2. The fourth-order valence-electron chi connectivity index (χ4n) is 2.06. The molecule has 1 aromatic carbocycles. The second-order valence-electron chi connectivity index (χ2n) is 4.51. The van der Waals surface area contributed by atoms with Gasteiger partial charge in [0.1, 0.15) is 5.82 Å². The van der Waals surface area contributed by atoms with Crippen molar-refractivity contribution in [1.82, 2.24) is 14.9 Å². The molecule has 0 spiro atoms. The van der Waals surface area contributed by atoms with Gasteiger partial charge in [-0.1, -0.05) is 22.9 Å². The molecule has 1 N–H and O–H groups in total. The molecule has 0 bridgehead atoms. The molecule has 1 atom stereocenters. The third-order valence-electron chi connectivity index (χ3n) is 2.96. The number of nitrogens with zero attached hydrogens (tertiary/aromatic N) is 2. The lowest BCUT2D eigenvalue weighted by Gasteiger charge is -2.16. The Labute approximate surface area is 121 Å². The lowest BCUT2D eigenvalue weighted by Crippen LogP contribution is -2.23. The van der Waals surface area contributed by atoms with Crippen LogP contribution in [-0.2, 0) is 13.5 Å².